The molecule has 1 aromatic rings. The van der Waals surface area contributed by atoms with E-state index in [1.54, 1.807) is 26.0 Å². The summed E-state index contributed by atoms with van der Waals surface area (Å²) >= 11 is 6.19. The maximum absolute atomic E-state index is 13.6. The van der Waals surface area contributed by atoms with E-state index in [1.165, 1.54) is 12.1 Å². The van der Waals surface area contributed by atoms with Crippen LogP contribution in [0.1, 0.15) is 37.0 Å². The highest BCUT2D eigenvalue weighted by Crippen LogP contribution is 2.72. The number of aliphatic hydroxyl groups is 3. The van der Waals surface area contributed by atoms with Crippen molar-refractivity contribution in [2.24, 2.45) is 28.6 Å². The predicted molar refractivity (Wildman–Crippen MR) is 134 cm³/mol. The molecule has 2 saturated carbocycles. The third-order valence-electron chi connectivity index (χ3n) is 10.2. The van der Waals surface area contributed by atoms with Gasteiger partial charge in [-0.1, -0.05) is 30.7 Å². The number of ketones is 1. The first-order chi connectivity index (χ1) is 18.9. The van der Waals surface area contributed by atoms with Gasteiger partial charge in [0.1, 0.15) is 12.2 Å². The van der Waals surface area contributed by atoms with Gasteiger partial charge in [-0.25, -0.2) is 14.4 Å². The molecule has 3 aliphatic carbocycles. The van der Waals surface area contributed by atoms with Gasteiger partial charge in [-0.2, -0.15) is 0 Å². The van der Waals surface area contributed by atoms with Crippen molar-refractivity contribution in [1.82, 2.24) is 0 Å². The first-order valence-corrected chi connectivity index (χ1v) is 13.4. The molecule has 0 radical (unpaired) electrons. The highest BCUT2D eigenvalue weighted by atomic mass is 35.5. The second kappa shape index (κ2) is 8.75. The molecule has 5 aliphatic rings. The topological polar surface area (TPSA) is 166 Å². The fourth-order valence-electron chi connectivity index (χ4n) is 8.66. The molecular weight excluding hydrogens is 548 g/mol. The van der Waals surface area contributed by atoms with Crippen LogP contribution in [0.15, 0.2) is 35.6 Å². The number of allylic oxidation sites excluding steroid dienone is 2. The Morgan fingerprint density at radius 3 is 2.52 bits per heavy atom. The lowest BCUT2D eigenvalue weighted by molar-refractivity contribution is -0.288. The van der Waals surface area contributed by atoms with E-state index >= 15 is 0 Å². The average Bonchev–Trinajstić information content (AvgIpc) is 3.22. The van der Waals surface area contributed by atoms with Crippen LogP contribution in [-0.4, -0.2) is 82.7 Å². The van der Waals surface area contributed by atoms with Gasteiger partial charge in [-0.05, 0) is 42.4 Å². The SMILES string of the molecule is COC(=O)[C@@]12OC[C@]34C([C@@H](O)C1O)[C@@]1(C)CC(=O)C(O)=C(C)C1C[C@H]3OC(=O)[C@H](OC(=O)c1ccccc1Cl)[C@H]42. The zero-order valence-electron chi connectivity index (χ0n) is 22.0. The third-order valence-corrected chi connectivity index (χ3v) is 10.5. The summed E-state index contributed by atoms with van der Waals surface area (Å²) in [6.07, 6.45) is -6.26. The summed E-state index contributed by atoms with van der Waals surface area (Å²) in [6, 6.07) is 6.05. The Balaban J connectivity index is 1.55. The van der Waals surface area contributed by atoms with E-state index in [2.05, 4.69) is 0 Å². The van der Waals surface area contributed by atoms with Crippen molar-refractivity contribution in [1.29, 1.82) is 0 Å². The van der Waals surface area contributed by atoms with Crippen molar-refractivity contribution in [2.75, 3.05) is 13.7 Å². The zero-order valence-corrected chi connectivity index (χ0v) is 22.7. The monoisotopic (exact) mass is 576 g/mol. The number of halogens is 1. The number of ether oxygens (including phenoxy) is 4. The number of carbonyl (C=O) groups excluding carboxylic acids is 4. The molecule has 11 nitrogen and oxygen atoms in total. The van der Waals surface area contributed by atoms with Gasteiger partial charge in [0, 0.05) is 17.8 Å². The van der Waals surface area contributed by atoms with E-state index in [4.69, 9.17) is 30.5 Å². The molecular formula is C28H29ClO11. The number of Topliss-reactive ketones (excluding diaryl/α,β-unsaturated/α-hetero) is 1. The van der Waals surface area contributed by atoms with Crippen molar-refractivity contribution in [3.63, 3.8) is 0 Å². The highest BCUT2D eigenvalue weighted by molar-refractivity contribution is 6.33. The van der Waals surface area contributed by atoms with E-state index in [9.17, 15) is 34.5 Å². The molecule has 2 aliphatic heterocycles. The number of benzene rings is 1. The van der Waals surface area contributed by atoms with E-state index in [-0.39, 0.29) is 35.8 Å². The van der Waals surface area contributed by atoms with Crippen LogP contribution >= 0.6 is 11.6 Å². The molecule has 10 atom stereocenters. The minimum absolute atomic E-state index is 0.0327. The van der Waals surface area contributed by atoms with Crippen molar-refractivity contribution in [3.05, 3.63) is 46.2 Å². The van der Waals surface area contributed by atoms with Crippen LogP contribution in [0.25, 0.3) is 0 Å². The van der Waals surface area contributed by atoms with E-state index in [0.29, 0.717) is 5.57 Å². The van der Waals surface area contributed by atoms with E-state index in [1.807, 2.05) is 0 Å². The summed E-state index contributed by atoms with van der Waals surface area (Å²) in [4.78, 5) is 53.2. The Hall–Kier alpha value is -2.99. The summed E-state index contributed by atoms with van der Waals surface area (Å²) in [5.74, 6) is -6.68. The smallest absolute Gasteiger partial charge is 0.348 e. The Labute approximate surface area is 234 Å². The Morgan fingerprint density at radius 1 is 1.15 bits per heavy atom. The minimum Gasteiger partial charge on any atom is -0.504 e. The van der Waals surface area contributed by atoms with Gasteiger partial charge < -0.3 is 34.3 Å². The molecule has 4 fully saturated rings. The Morgan fingerprint density at radius 2 is 1.85 bits per heavy atom. The number of rotatable bonds is 3. The number of esters is 3. The summed E-state index contributed by atoms with van der Waals surface area (Å²) in [5, 5.41) is 33.9. The Kier molecular flexibility index (Phi) is 5.95. The lowest BCUT2D eigenvalue weighted by Gasteiger charge is -2.67. The van der Waals surface area contributed by atoms with Gasteiger partial charge in [0.25, 0.3) is 0 Å². The van der Waals surface area contributed by atoms with Crippen LogP contribution in [-0.2, 0) is 33.3 Å². The summed E-state index contributed by atoms with van der Waals surface area (Å²) < 4.78 is 22.7. The fourth-order valence-corrected chi connectivity index (χ4v) is 8.87. The lowest BCUT2D eigenvalue weighted by Crippen LogP contribution is -2.79. The number of methoxy groups -OCH3 is 1. The van der Waals surface area contributed by atoms with Gasteiger partial charge in [0.2, 0.25) is 11.7 Å². The highest BCUT2D eigenvalue weighted by Gasteiger charge is 2.85. The quantitative estimate of drug-likeness (QED) is 0.353. The molecule has 0 aromatic heterocycles. The molecule has 6 rings (SSSR count). The minimum atomic E-state index is -2.28. The van der Waals surface area contributed by atoms with Crippen LogP contribution < -0.4 is 0 Å². The number of hydrogen-bond donors (Lipinski definition) is 3. The molecule has 1 spiro atoms. The molecule has 2 bridgehead atoms. The predicted octanol–water partition coefficient (Wildman–Crippen LogP) is 1.52. The van der Waals surface area contributed by atoms with E-state index in [0.717, 1.165) is 7.11 Å². The van der Waals surface area contributed by atoms with Gasteiger partial charge >= 0.3 is 17.9 Å². The second-order valence-electron chi connectivity index (χ2n) is 11.7. The normalized spacial score (nSPS) is 43.4. The molecule has 0 amide bonds. The zero-order chi connectivity index (χ0) is 28.9. The first-order valence-electron chi connectivity index (χ1n) is 13.0. The third kappa shape index (κ3) is 3.12. The largest absolute Gasteiger partial charge is 0.504 e. The molecule has 3 unspecified atom stereocenters. The summed E-state index contributed by atoms with van der Waals surface area (Å²) in [6.45, 7) is 3.13. The van der Waals surface area contributed by atoms with Crippen LogP contribution in [0.5, 0.6) is 0 Å². The molecule has 12 heteroatoms. The van der Waals surface area contributed by atoms with Gasteiger partial charge in [-0.3, -0.25) is 4.79 Å². The molecule has 2 saturated heterocycles. The van der Waals surface area contributed by atoms with Crippen LogP contribution in [0.3, 0.4) is 0 Å². The number of hydrogen-bond acceptors (Lipinski definition) is 11. The van der Waals surface area contributed by atoms with Gasteiger partial charge in [0.05, 0.1) is 36.3 Å². The van der Waals surface area contributed by atoms with Gasteiger partial charge in [-0.15, -0.1) is 0 Å². The van der Waals surface area contributed by atoms with Crippen LogP contribution in [0.2, 0.25) is 5.02 Å². The molecule has 40 heavy (non-hydrogen) atoms. The lowest BCUT2D eigenvalue weighted by atomic mass is 9.38. The summed E-state index contributed by atoms with van der Waals surface area (Å²) in [5.41, 5.74) is -4.32. The maximum atomic E-state index is 13.6. The summed E-state index contributed by atoms with van der Waals surface area (Å²) in [7, 11) is 1.08. The van der Waals surface area contributed by atoms with Crippen LogP contribution in [0.4, 0.5) is 0 Å². The van der Waals surface area contributed by atoms with Crippen molar-refractivity contribution < 1.29 is 53.4 Å². The molecule has 3 N–H and O–H groups in total. The van der Waals surface area contributed by atoms with Gasteiger partial charge in [0.15, 0.2) is 11.5 Å². The maximum Gasteiger partial charge on any atom is 0.348 e. The first kappa shape index (κ1) is 27.2. The van der Waals surface area contributed by atoms with Crippen molar-refractivity contribution in [2.45, 2.75) is 56.7 Å². The second-order valence-corrected chi connectivity index (χ2v) is 12.1. The van der Waals surface area contributed by atoms with Crippen molar-refractivity contribution >= 4 is 35.3 Å². The average molecular weight is 577 g/mol. The Bertz CT molecular complexity index is 1370. The fraction of sp³-hybridized carbons (Fsp3) is 0.571. The molecule has 214 valence electrons. The van der Waals surface area contributed by atoms with Crippen LogP contribution in [0, 0.1) is 28.6 Å². The number of aliphatic hydroxyl groups excluding tert-OH is 3. The number of fused-ring (bicyclic) bond motifs is 2. The molecule has 2 heterocycles. The standard InChI is InChI=1S/C28H29ClO11/c1-11-13-8-16-27-10-38-28(25(36)37-3,22(33)18(32)20(27)26(13,2)9-15(30)17(11)31)21(27)19(24(35)39-16)40-23(34)12-6-4-5-7-14(12)29/h4-7,13,16,18-22,31-33H,8-10H2,1-3H3/t13?,16-,18-,19-,20?,21-,22?,26+,27-,28+/m1/s1. The number of carbonyl (C=O) groups is 4. The van der Waals surface area contributed by atoms with Crippen molar-refractivity contribution in [3.8, 4) is 0 Å². The van der Waals surface area contributed by atoms with E-state index < -0.39 is 82.3 Å². The molecule has 1 aromatic carbocycles.